The highest BCUT2D eigenvalue weighted by molar-refractivity contribution is 7.99. The summed E-state index contributed by atoms with van der Waals surface area (Å²) < 4.78 is 7.01. The van der Waals surface area contributed by atoms with Gasteiger partial charge in [-0.2, -0.15) is 0 Å². The Kier molecular flexibility index (Phi) is 6.47. The van der Waals surface area contributed by atoms with Gasteiger partial charge in [0.2, 0.25) is 5.91 Å². The fraction of sp³-hybridized carbons (Fsp3) is 0.429. The molecule has 0 saturated carbocycles. The van der Waals surface area contributed by atoms with Crippen LogP contribution in [0.2, 0.25) is 0 Å². The summed E-state index contributed by atoms with van der Waals surface area (Å²) in [5, 5.41) is 6.04. The molecular formula is C21H24N4O4S2. The highest BCUT2D eigenvalue weighted by Crippen LogP contribution is 2.34. The van der Waals surface area contributed by atoms with Crippen molar-refractivity contribution in [2.45, 2.75) is 57.3 Å². The van der Waals surface area contributed by atoms with Crippen LogP contribution in [0, 0.1) is 0 Å². The Morgan fingerprint density at radius 2 is 2.13 bits per heavy atom. The Hall–Kier alpha value is -2.59. The van der Waals surface area contributed by atoms with Crippen LogP contribution in [0.15, 0.2) is 32.8 Å². The van der Waals surface area contributed by atoms with Crippen LogP contribution in [0.25, 0.3) is 10.2 Å². The standard InChI is InChI=1S/C21H24N4O4S2/c1-12(2)22-20(28)23-16(26)11-30-21-24-18-17(14-7-3-4-8-15(14)31-18)19(27)25(21)10-13-6-5-9-29-13/h5-6,9,12H,3-4,7-8,10-11H2,1-2H3,(H2,22,23,26,28). The number of carbonyl (C=O) groups excluding carboxylic acids is 2. The number of urea groups is 1. The minimum atomic E-state index is -0.539. The molecular weight excluding hydrogens is 436 g/mol. The van der Waals surface area contributed by atoms with Crippen LogP contribution in [-0.4, -0.2) is 33.3 Å². The van der Waals surface area contributed by atoms with Crippen LogP contribution in [-0.2, 0) is 24.2 Å². The third-order valence-electron chi connectivity index (χ3n) is 4.94. The first-order valence-electron chi connectivity index (χ1n) is 10.2. The molecule has 1 aliphatic carbocycles. The Morgan fingerprint density at radius 1 is 1.32 bits per heavy atom. The average molecular weight is 461 g/mol. The first-order chi connectivity index (χ1) is 14.9. The normalized spacial score (nSPS) is 13.4. The van der Waals surface area contributed by atoms with Crippen LogP contribution in [0.4, 0.5) is 4.79 Å². The van der Waals surface area contributed by atoms with Crippen molar-refractivity contribution in [3.05, 3.63) is 45.0 Å². The molecule has 3 heterocycles. The first-order valence-corrected chi connectivity index (χ1v) is 12.0. The van der Waals surface area contributed by atoms with Crippen LogP contribution in [0.3, 0.4) is 0 Å². The van der Waals surface area contributed by atoms with Crippen molar-refractivity contribution in [2.75, 3.05) is 5.75 Å². The second kappa shape index (κ2) is 9.27. The summed E-state index contributed by atoms with van der Waals surface area (Å²) in [6.45, 7) is 3.86. The predicted octanol–water partition coefficient (Wildman–Crippen LogP) is 3.30. The zero-order valence-corrected chi connectivity index (χ0v) is 19.0. The predicted molar refractivity (Wildman–Crippen MR) is 121 cm³/mol. The monoisotopic (exact) mass is 460 g/mol. The molecule has 8 nitrogen and oxygen atoms in total. The summed E-state index contributed by atoms with van der Waals surface area (Å²) in [6.07, 6.45) is 5.63. The molecule has 10 heteroatoms. The molecule has 2 N–H and O–H groups in total. The van der Waals surface area contributed by atoms with Crippen LogP contribution in [0.1, 0.15) is 42.9 Å². The molecule has 0 aliphatic heterocycles. The molecule has 1 aliphatic rings. The van der Waals surface area contributed by atoms with E-state index in [1.165, 1.54) is 4.88 Å². The van der Waals surface area contributed by atoms with Gasteiger partial charge < -0.3 is 9.73 Å². The molecule has 164 valence electrons. The minimum Gasteiger partial charge on any atom is -0.467 e. The third-order valence-corrected chi connectivity index (χ3v) is 7.10. The number of rotatable bonds is 6. The fourth-order valence-electron chi connectivity index (χ4n) is 3.62. The van der Waals surface area contributed by atoms with Gasteiger partial charge in [0.1, 0.15) is 10.6 Å². The van der Waals surface area contributed by atoms with E-state index in [1.54, 1.807) is 34.3 Å². The molecule has 3 aromatic heterocycles. The topological polar surface area (TPSA) is 106 Å². The van der Waals surface area contributed by atoms with E-state index in [4.69, 9.17) is 9.40 Å². The lowest BCUT2D eigenvalue weighted by Crippen LogP contribution is -2.43. The van der Waals surface area contributed by atoms with E-state index in [9.17, 15) is 14.4 Å². The van der Waals surface area contributed by atoms with E-state index in [1.807, 2.05) is 13.8 Å². The number of hydrogen-bond donors (Lipinski definition) is 2. The summed E-state index contributed by atoms with van der Waals surface area (Å²) in [4.78, 5) is 44.1. The van der Waals surface area contributed by atoms with Crippen molar-refractivity contribution in [1.82, 2.24) is 20.2 Å². The van der Waals surface area contributed by atoms with E-state index < -0.39 is 11.9 Å². The molecule has 4 rings (SSSR count). The number of furan rings is 1. The second-order valence-corrected chi connectivity index (χ2v) is 9.75. The summed E-state index contributed by atoms with van der Waals surface area (Å²) in [6, 6.07) is 2.96. The van der Waals surface area contributed by atoms with E-state index in [-0.39, 0.29) is 23.9 Å². The van der Waals surface area contributed by atoms with Gasteiger partial charge in [-0.1, -0.05) is 11.8 Å². The maximum atomic E-state index is 13.5. The number of amides is 3. The molecule has 3 aromatic rings. The maximum absolute atomic E-state index is 13.5. The van der Waals surface area contributed by atoms with Crippen molar-refractivity contribution in [3.63, 3.8) is 0 Å². The number of imide groups is 1. The molecule has 0 bridgehead atoms. The van der Waals surface area contributed by atoms with Crippen molar-refractivity contribution >= 4 is 45.3 Å². The Bertz CT molecular complexity index is 1160. The number of aromatic nitrogens is 2. The van der Waals surface area contributed by atoms with Crippen molar-refractivity contribution in [1.29, 1.82) is 0 Å². The number of hydrogen-bond acceptors (Lipinski definition) is 7. The quantitative estimate of drug-likeness (QED) is 0.432. The SMILES string of the molecule is CC(C)NC(=O)NC(=O)CSc1nc2sc3c(c2c(=O)n1Cc1ccco1)CCCC3. The van der Waals surface area contributed by atoms with Gasteiger partial charge in [-0.15, -0.1) is 11.3 Å². The molecule has 0 spiro atoms. The van der Waals surface area contributed by atoms with Crippen LogP contribution in [0.5, 0.6) is 0 Å². The van der Waals surface area contributed by atoms with Gasteiger partial charge in [0.05, 0.1) is 23.9 Å². The minimum absolute atomic E-state index is 0.0350. The smallest absolute Gasteiger partial charge is 0.321 e. The lowest BCUT2D eigenvalue weighted by Gasteiger charge is -2.13. The van der Waals surface area contributed by atoms with Gasteiger partial charge >= 0.3 is 6.03 Å². The fourth-order valence-corrected chi connectivity index (χ4v) is 5.72. The van der Waals surface area contributed by atoms with E-state index in [0.717, 1.165) is 43.0 Å². The number of aryl methyl sites for hydroxylation is 2. The van der Waals surface area contributed by atoms with E-state index in [2.05, 4.69) is 10.6 Å². The number of carbonyl (C=O) groups is 2. The molecule has 0 aromatic carbocycles. The van der Waals surface area contributed by atoms with Crippen LogP contribution < -0.4 is 16.2 Å². The van der Waals surface area contributed by atoms with Gasteiger partial charge in [0.15, 0.2) is 5.16 Å². The Labute approximate surface area is 187 Å². The average Bonchev–Trinajstić information content (AvgIpc) is 3.35. The number of nitrogens with one attached hydrogen (secondary N) is 2. The van der Waals surface area contributed by atoms with Crippen molar-refractivity contribution in [3.8, 4) is 0 Å². The summed E-state index contributed by atoms with van der Waals surface area (Å²) >= 11 is 2.71. The number of fused-ring (bicyclic) bond motifs is 3. The number of thiophene rings is 1. The number of thioether (sulfide) groups is 1. The zero-order valence-electron chi connectivity index (χ0n) is 17.4. The van der Waals surface area contributed by atoms with Crippen molar-refractivity contribution < 1.29 is 14.0 Å². The summed E-state index contributed by atoms with van der Waals surface area (Å²) in [5.41, 5.74) is 1.01. The molecule has 3 amide bonds. The molecule has 0 atom stereocenters. The molecule has 0 saturated heterocycles. The largest absolute Gasteiger partial charge is 0.467 e. The third kappa shape index (κ3) is 4.85. The first kappa shape index (κ1) is 21.6. The summed E-state index contributed by atoms with van der Waals surface area (Å²) in [5.74, 6) is 0.148. The molecule has 0 radical (unpaired) electrons. The van der Waals surface area contributed by atoms with Gasteiger partial charge in [-0.05, 0) is 57.2 Å². The lowest BCUT2D eigenvalue weighted by molar-refractivity contribution is -0.117. The van der Waals surface area contributed by atoms with Crippen LogP contribution >= 0.6 is 23.1 Å². The second-order valence-electron chi connectivity index (χ2n) is 7.72. The zero-order chi connectivity index (χ0) is 22.0. The maximum Gasteiger partial charge on any atom is 0.321 e. The van der Waals surface area contributed by atoms with Gasteiger partial charge in [0.25, 0.3) is 5.56 Å². The molecule has 0 unspecified atom stereocenters. The Morgan fingerprint density at radius 3 is 2.87 bits per heavy atom. The number of nitrogens with zero attached hydrogens (tertiary/aromatic N) is 2. The Balaban J connectivity index is 1.64. The molecule has 31 heavy (non-hydrogen) atoms. The summed E-state index contributed by atoms with van der Waals surface area (Å²) in [7, 11) is 0. The van der Waals surface area contributed by atoms with E-state index in [0.29, 0.717) is 21.1 Å². The van der Waals surface area contributed by atoms with Crippen molar-refractivity contribution in [2.24, 2.45) is 0 Å². The van der Waals surface area contributed by atoms with Gasteiger partial charge in [0, 0.05) is 10.9 Å². The van der Waals surface area contributed by atoms with E-state index >= 15 is 0 Å². The molecule has 0 fully saturated rings. The highest BCUT2D eigenvalue weighted by atomic mass is 32.2. The van der Waals surface area contributed by atoms with Gasteiger partial charge in [-0.25, -0.2) is 9.78 Å². The van der Waals surface area contributed by atoms with Gasteiger partial charge in [-0.3, -0.25) is 19.5 Å². The highest BCUT2D eigenvalue weighted by Gasteiger charge is 2.23. The lowest BCUT2D eigenvalue weighted by atomic mass is 9.97.